The third-order valence-corrected chi connectivity index (χ3v) is 15.4. The smallest absolute Gasteiger partial charge is 0.147 e. The fourth-order valence-electron chi connectivity index (χ4n) is 6.96. The number of benzene rings is 6. The second-order valence-corrected chi connectivity index (χ2v) is 25.0. The van der Waals surface area contributed by atoms with Crippen LogP contribution in [0.15, 0.2) is 136 Å². The van der Waals surface area contributed by atoms with Crippen molar-refractivity contribution in [3.8, 4) is 23.0 Å². The van der Waals surface area contributed by atoms with Crippen LogP contribution in [-0.2, 0) is 34.9 Å². The number of ether oxygens (including phenoxy) is 2. The Balaban J connectivity index is 1.54. The van der Waals surface area contributed by atoms with Gasteiger partial charge in [-0.25, -0.2) is 0 Å². The summed E-state index contributed by atoms with van der Waals surface area (Å²) in [6.45, 7) is 27.0. The largest absolute Gasteiger partial charge is 0.506 e. The summed E-state index contributed by atoms with van der Waals surface area (Å²) in [5, 5.41) is 25.2. The number of fused-ring (bicyclic) bond motifs is 8. The first-order valence-electron chi connectivity index (χ1n) is 21.6. The van der Waals surface area contributed by atoms with Crippen LogP contribution in [0.5, 0.6) is 23.0 Å². The summed E-state index contributed by atoms with van der Waals surface area (Å²) in [6.07, 6.45) is 0. The highest BCUT2D eigenvalue weighted by molar-refractivity contribution is 8.01. The van der Waals surface area contributed by atoms with Crippen molar-refractivity contribution >= 4 is 58.4 Å². The molecule has 336 valence electrons. The molecule has 0 fully saturated rings. The molecule has 0 aromatic heterocycles. The van der Waals surface area contributed by atoms with Crippen LogP contribution < -0.4 is 20.9 Å². The third kappa shape index (κ3) is 11.0. The first-order valence-corrected chi connectivity index (χ1v) is 24.9. The average molecular weight is 931 g/mol. The number of phenols is 2. The van der Waals surface area contributed by atoms with E-state index in [0.717, 1.165) is 53.0 Å². The molecule has 0 unspecified atom stereocenters. The maximum atomic E-state index is 12.6. The van der Waals surface area contributed by atoms with E-state index in [2.05, 4.69) is 132 Å². The number of rotatable bonds is 6. The van der Waals surface area contributed by atoms with Gasteiger partial charge in [-0.1, -0.05) is 154 Å². The minimum Gasteiger partial charge on any atom is -0.506 e. The van der Waals surface area contributed by atoms with Gasteiger partial charge in [0.25, 0.3) is 0 Å². The number of anilines is 2. The lowest BCUT2D eigenvalue weighted by Crippen LogP contribution is -2.13. The molecule has 7 rings (SSSR count). The van der Waals surface area contributed by atoms with E-state index >= 15 is 0 Å². The quantitative estimate of drug-likeness (QED) is 0.120. The molecule has 10 heteroatoms. The van der Waals surface area contributed by atoms with Crippen molar-refractivity contribution in [1.82, 2.24) is 0 Å². The van der Waals surface area contributed by atoms with E-state index in [1.807, 2.05) is 48.5 Å². The van der Waals surface area contributed by atoms with Crippen molar-refractivity contribution in [2.24, 2.45) is 0 Å². The molecule has 0 saturated carbocycles. The molecule has 6 nitrogen and oxygen atoms in total. The summed E-state index contributed by atoms with van der Waals surface area (Å²) in [6, 6.07) is 32.7. The monoisotopic (exact) mass is 930 g/mol. The molecule has 6 aromatic carbocycles. The van der Waals surface area contributed by atoms with Crippen LogP contribution >= 0.6 is 47.0 Å². The zero-order valence-corrected chi connectivity index (χ0v) is 42.4. The van der Waals surface area contributed by atoms with E-state index < -0.39 is 0 Å². The summed E-state index contributed by atoms with van der Waals surface area (Å²) < 4.78 is 13.8. The Bertz CT molecular complexity index is 2400. The second-order valence-electron chi connectivity index (χ2n) is 20.7. The zero-order chi connectivity index (χ0) is 46.5. The van der Waals surface area contributed by atoms with Crippen LogP contribution in [0.2, 0.25) is 0 Å². The Morgan fingerprint density at radius 1 is 0.375 bits per heavy atom. The van der Waals surface area contributed by atoms with Crippen molar-refractivity contribution in [3.05, 3.63) is 130 Å². The SMILES string of the molecule is CC(C)(C)c1cc2c(O)c(c1)Sc1cc(C(C)(C)C)cc(c1OCc1ccc(N)cc1)Sc1cc(C(C)(C)C)cc(c1O)Sc1cc(C(C)(C)C)cc(c1OCc1ccc(N)cc1)S2. The van der Waals surface area contributed by atoms with Crippen LogP contribution in [0.25, 0.3) is 0 Å². The van der Waals surface area contributed by atoms with Gasteiger partial charge in [-0.05, 0) is 128 Å². The van der Waals surface area contributed by atoms with E-state index in [1.54, 1.807) is 0 Å². The van der Waals surface area contributed by atoms with Crippen molar-refractivity contribution in [1.29, 1.82) is 0 Å². The molecule has 0 saturated heterocycles. The number of phenolic OH excluding ortho intramolecular Hbond substituents is 2. The molecule has 0 amide bonds. The first-order chi connectivity index (χ1) is 29.8. The molecular formula is C54H62N2O4S4. The molecule has 1 aliphatic rings. The fraction of sp³-hybridized carbons (Fsp3) is 0.333. The van der Waals surface area contributed by atoms with Crippen LogP contribution in [0, 0.1) is 0 Å². The average Bonchev–Trinajstić information content (AvgIpc) is 3.19. The molecule has 6 aromatic rings. The number of hydrogen-bond donors (Lipinski definition) is 4. The summed E-state index contributed by atoms with van der Waals surface area (Å²) in [5.74, 6) is 1.73. The van der Waals surface area contributed by atoms with Crippen LogP contribution in [-0.4, -0.2) is 10.2 Å². The topological polar surface area (TPSA) is 111 Å². The first kappa shape index (κ1) is 47.5. The van der Waals surface area contributed by atoms with E-state index in [1.165, 1.54) is 47.0 Å². The summed E-state index contributed by atoms with van der Waals surface area (Å²) in [5.41, 5.74) is 18.9. The van der Waals surface area contributed by atoms with Crippen molar-refractivity contribution in [3.63, 3.8) is 0 Å². The summed E-state index contributed by atoms with van der Waals surface area (Å²) in [4.78, 5) is 6.31. The van der Waals surface area contributed by atoms with Crippen molar-refractivity contribution in [2.45, 2.75) is 157 Å². The Labute approximate surface area is 397 Å². The molecule has 0 aliphatic carbocycles. The van der Waals surface area contributed by atoms with Gasteiger partial charge in [0.1, 0.15) is 36.2 Å². The molecule has 0 spiro atoms. The molecule has 0 radical (unpaired) electrons. The number of nitrogen functional groups attached to an aromatic ring is 2. The lowest BCUT2D eigenvalue weighted by molar-refractivity contribution is 0.290. The lowest BCUT2D eigenvalue weighted by atomic mass is 9.87. The van der Waals surface area contributed by atoms with E-state index in [-0.39, 0.29) is 33.2 Å². The predicted octanol–water partition coefficient (Wildman–Crippen LogP) is 15.5. The minimum atomic E-state index is -0.240. The van der Waals surface area contributed by atoms with Gasteiger partial charge in [-0.2, -0.15) is 0 Å². The van der Waals surface area contributed by atoms with Gasteiger partial charge in [-0.3, -0.25) is 0 Å². The number of hydrogen-bond acceptors (Lipinski definition) is 10. The minimum absolute atomic E-state index is 0.187. The van der Waals surface area contributed by atoms with Crippen molar-refractivity contribution in [2.75, 3.05) is 11.5 Å². The highest BCUT2D eigenvalue weighted by Gasteiger charge is 2.30. The Morgan fingerprint density at radius 2 is 0.594 bits per heavy atom. The Morgan fingerprint density at radius 3 is 0.812 bits per heavy atom. The van der Waals surface area contributed by atoms with Gasteiger partial charge < -0.3 is 31.2 Å². The highest BCUT2D eigenvalue weighted by Crippen LogP contribution is 2.56. The number of aromatic hydroxyl groups is 2. The third-order valence-electron chi connectivity index (χ3n) is 11.2. The maximum absolute atomic E-state index is 12.6. The summed E-state index contributed by atoms with van der Waals surface area (Å²) >= 11 is 6.02. The normalized spacial score (nSPS) is 13.4. The Hall–Kier alpha value is -4.48. The van der Waals surface area contributed by atoms with E-state index in [9.17, 15) is 10.2 Å². The fourth-order valence-corrected chi connectivity index (χ4v) is 11.5. The second kappa shape index (κ2) is 18.1. The van der Waals surface area contributed by atoms with E-state index in [0.29, 0.717) is 55.7 Å². The number of nitrogens with two attached hydrogens (primary N) is 2. The Kier molecular flexibility index (Phi) is 13.4. The lowest BCUT2D eigenvalue weighted by Gasteiger charge is -2.27. The molecular weight excluding hydrogens is 869 g/mol. The van der Waals surface area contributed by atoms with Crippen molar-refractivity contribution < 1.29 is 19.7 Å². The van der Waals surface area contributed by atoms with Gasteiger partial charge in [0.2, 0.25) is 0 Å². The molecule has 6 N–H and O–H groups in total. The maximum Gasteiger partial charge on any atom is 0.147 e. The van der Waals surface area contributed by atoms with Crippen LogP contribution in [0.4, 0.5) is 11.4 Å². The molecule has 8 bridgehead atoms. The van der Waals surface area contributed by atoms with Gasteiger partial charge in [-0.15, -0.1) is 0 Å². The van der Waals surface area contributed by atoms with Gasteiger partial charge in [0.15, 0.2) is 0 Å². The van der Waals surface area contributed by atoms with Gasteiger partial charge in [0, 0.05) is 11.4 Å². The highest BCUT2D eigenvalue weighted by atomic mass is 32.2. The zero-order valence-electron chi connectivity index (χ0n) is 39.2. The van der Waals surface area contributed by atoms with Gasteiger partial charge >= 0.3 is 0 Å². The summed E-state index contributed by atoms with van der Waals surface area (Å²) in [7, 11) is 0. The van der Waals surface area contributed by atoms with E-state index in [4.69, 9.17) is 20.9 Å². The molecule has 1 heterocycles. The van der Waals surface area contributed by atoms with Crippen LogP contribution in [0.3, 0.4) is 0 Å². The van der Waals surface area contributed by atoms with Crippen LogP contribution in [0.1, 0.15) is 116 Å². The molecule has 64 heavy (non-hydrogen) atoms. The van der Waals surface area contributed by atoms with Gasteiger partial charge in [0.05, 0.1) is 39.2 Å². The molecule has 1 aliphatic heterocycles. The molecule has 0 atom stereocenters. The predicted molar refractivity (Wildman–Crippen MR) is 271 cm³/mol. The standard InChI is InChI=1S/C54H62N2O4S4/c1-51(2,3)33-21-39-47(57)40(22-33)62-44-26-36(54(10,11)12)28-46(50(44)60-30-32-15-19-38(56)20-16-32)64-42-24-34(52(4,5)6)23-41(48(42)58)63-45-27-35(53(7,8)9)25-43(61-39)49(45)59-29-31-13-17-37(55)18-14-31/h13-28,57-58H,29-30,55-56H2,1-12H3.